The van der Waals surface area contributed by atoms with Crippen molar-refractivity contribution in [2.45, 2.75) is 6.92 Å². The second-order valence-electron chi connectivity index (χ2n) is 6.57. The summed E-state index contributed by atoms with van der Waals surface area (Å²) < 4.78 is 5.34. The number of hydrogen-bond donors (Lipinski definition) is 1. The Kier molecular flexibility index (Phi) is 5.16. The van der Waals surface area contributed by atoms with E-state index in [4.69, 9.17) is 9.72 Å². The number of ether oxygens (including phenoxy) is 1. The largest absolute Gasteiger partial charge is 0.497 e. The molecule has 0 aliphatic heterocycles. The predicted molar refractivity (Wildman–Crippen MR) is 115 cm³/mol. The SMILES string of the molecule is CNc1cc(-c2cncc(-c3cccc(OC)c3)c2)nc(-c2cccc(C)n2)n1. The van der Waals surface area contributed by atoms with Crippen molar-refractivity contribution in [1.82, 2.24) is 19.9 Å². The molecule has 6 nitrogen and oxygen atoms in total. The number of aryl methyl sites for hydroxylation is 1. The second-order valence-corrected chi connectivity index (χ2v) is 6.57. The average molecular weight is 383 g/mol. The Bertz CT molecular complexity index is 1160. The van der Waals surface area contributed by atoms with Gasteiger partial charge in [0.2, 0.25) is 0 Å². The first-order valence-electron chi connectivity index (χ1n) is 9.27. The molecule has 0 saturated carbocycles. The lowest BCUT2D eigenvalue weighted by atomic mass is 10.0. The summed E-state index contributed by atoms with van der Waals surface area (Å²) >= 11 is 0. The Labute approximate surface area is 169 Å². The minimum absolute atomic E-state index is 0.572. The van der Waals surface area contributed by atoms with Gasteiger partial charge in [-0.3, -0.25) is 4.98 Å². The summed E-state index contributed by atoms with van der Waals surface area (Å²) in [6.45, 7) is 1.95. The van der Waals surface area contributed by atoms with E-state index in [1.54, 1.807) is 13.3 Å². The molecule has 144 valence electrons. The molecular formula is C23H21N5O. The smallest absolute Gasteiger partial charge is 0.180 e. The third-order valence-electron chi connectivity index (χ3n) is 4.54. The Balaban J connectivity index is 1.79. The number of pyridine rings is 2. The minimum atomic E-state index is 0.572. The van der Waals surface area contributed by atoms with Crippen molar-refractivity contribution in [2.75, 3.05) is 19.5 Å². The van der Waals surface area contributed by atoms with E-state index in [2.05, 4.69) is 26.3 Å². The zero-order chi connectivity index (χ0) is 20.2. The van der Waals surface area contributed by atoms with Crippen LogP contribution in [0.4, 0.5) is 5.82 Å². The maximum Gasteiger partial charge on any atom is 0.180 e. The predicted octanol–water partition coefficient (Wildman–Crippen LogP) is 4.63. The Hall–Kier alpha value is -3.80. The molecule has 0 aliphatic rings. The Morgan fingerprint density at radius 1 is 0.793 bits per heavy atom. The van der Waals surface area contributed by atoms with Crippen LogP contribution in [0.1, 0.15) is 5.69 Å². The van der Waals surface area contributed by atoms with Gasteiger partial charge in [-0.1, -0.05) is 18.2 Å². The lowest BCUT2D eigenvalue weighted by Gasteiger charge is -2.10. The van der Waals surface area contributed by atoms with Gasteiger partial charge in [0, 0.05) is 42.3 Å². The highest BCUT2D eigenvalue weighted by atomic mass is 16.5. The van der Waals surface area contributed by atoms with Gasteiger partial charge in [-0.15, -0.1) is 0 Å². The molecule has 4 aromatic rings. The zero-order valence-corrected chi connectivity index (χ0v) is 16.5. The highest BCUT2D eigenvalue weighted by Gasteiger charge is 2.11. The molecule has 0 amide bonds. The lowest BCUT2D eigenvalue weighted by molar-refractivity contribution is 0.415. The molecule has 0 unspecified atom stereocenters. The van der Waals surface area contributed by atoms with Crippen LogP contribution in [0.2, 0.25) is 0 Å². The van der Waals surface area contributed by atoms with Gasteiger partial charge in [-0.05, 0) is 42.8 Å². The quantitative estimate of drug-likeness (QED) is 0.542. The molecule has 1 aromatic carbocycles. The van der Waals surface area contributed by atoms with Crippen LogP contribution in [-0.4, -0.2) is 34.1 Å². The fourth-order valence-electron chi connectivity index (χ4n) is 3.05. The van der Waals surface area contributed by atoms with Crippen molar-refractivity contribution >= 4 is 5.82 Å². The molecule has 1 N–H and O–H groups in total. The molecular weight excluding hydrogens is 362 g/mol. The molecule has 0 spiro atoms. The molecule has 3 aromatic heterocycles. The van der Waals surface area contributed by atoms with E-state index in [0.29, 0.717) is 5.82 Å². The van der Waals surface area contributed by atoms with Gasteiger partial charge in [0.15, 0.2) is 5.82 Å². The molecule has 3 heterocycles. The molecule has 0 atom stereocenters. The number of rotatable bonds is 5. The first-order valence-corrected chi connectivity index (χ1v) is 9.27. The third-order valence-corrected chi connectivity index (χ3v) is 4.54. The van der Waals surface area contributed by atoms with Crippen molar-refractivity contribution in [2.24, 2.45) is 0 Å². The Morgan fingerprint density at radius 2 is 1.62 bits per heavy atom. The fourth-order valence-corrected chi connectivity index (χ4v) is 3.05. The van der Waals surface area contributed by atoms with E-state index in [-0.39, 0.29) is 0 Å². The minimum Gasteiger partial charge on any atom is -0.497 e. The van der Waals surface area contributed by atoms with Gasteiger partial charge in [0.25, 0.3) is 0 Å². The number of methoxy groups -OCH3 is 1. The van der Waals surface area contributed by atoms with Crippen LogP contribution < -0.4 is 10.1 Å². The van der Waals surface area contributed by atoms with Gasteiger partial charge >= 0.3 is 0 Å². The number of aromatic nitrogens is 4. The number of hydrogen-bond acceptors (Lipinski definition) is 6. The van der Waals surface area contributed by atoms with E-state index in [1.165, 1.54) is 0 Å². The first kappa shape index (κ1) is 18.6. The van der Waals surface area contributed by atoms with Crippen LogP contribution in [0.5, 0.6) is 5.75 Å². The first-order chi connectivity index (χ1) is 14.2. The van der Waals surface area contributed by atoms with Gasteiger partial charge in [-0.2, -0.15) is 0 Å². The topological polar surface area (TPSA) is 72.8 Å². The third kappa shape index (κ3) is 4.06. The van der Waals surface area contributed by atoms with Crippen LogP contribution in [0.3, 0.4) is 0 Å². The number of benzene rings is 1. The van der Waals surface area contributed by atoms with Gasteiger partial charge < -0.3 is 10.1 Å². The molecule has 0 radical (unpaired) electrons. The molecule has 4 rings (SSSR count). The van der Waals surface area contributed by atoms with Crippen molar-refractivity contribution in [3.63, 3.8) is 0 Å². The van der Waals surface area contributed by atoms with Gasteiger partial charge in [-0.25, -0.2) is 15.0 Å². The summed E-state index contributed by atoms with van der Waals surface area (Å²) in [4.78, 5) is 18.3. The number of nitrogens with zero attached hydrogens (tertiary/aromatic N) is 4. The maximum atomic E-state index is 5.34. The number of anilines is 1. The van der Waals surface area contributed by atoms with Crippen molar-refractivity contribution < 1.29 is 4.74 Å². The van der Waals surface area contributed by atoms with Crippen molar-refractivity contribution in [1.29, 1.82) is 0 Å². The summed E-state index contributed by atoms with van der Waals surface area (Å²) in [5, 5.41) is 3.11. The van der Waals surface area contributed by atoms with E-state index < -0.39 is 0 Å². The standard InChI is InChI=1S/C23H21N5O/c1-15-6-4-9-20(26-15)23-27-21(12-22(24-2)28-23)18-10-17(13-25-14-18)16-7-5-8-19(11-16)29-3/h4-14H,1-3H3,(H,24,27,28). The summed E-state index contributed by atoms with van der Waals surface area (Å²) in [5.41, 5.74) is 5.35. The fraction of sp³-hybridized carbons (Fsp3) is 0.130. The maximum absolute atomic E-state index is 5.34. The summed E-state index contributed by atoms with van der Waals surface area (Å²) in [6.07, 6.45) is 3.64. The Morgan fingerprint density at radius 3 is 2.41 bits per heavy atom. The monoisotopic (exact) mass is 383 g/mol. The summed E-state index contributed by atoms with van der Waals surface area (Å²) in [5.74, 6) is 2.10. The lowest BCUT2D eigenvalue weighted by Crippen LogP contribution is -2.00. The second kappa shape index (κ2) is 8.06. The molecule has 0 aliphatic carbocycles. The molecule has 29 heavy (non-hydrogen) atoms. The molecule has 0 fully saturated rings. The molecule has 6 heteroatoms. The van der Waals surface area contributed by atoms with E-state index in [9.17, 15) is 0 Å². The zero-order valence-electron chi connectivity index (χ0n) is 16.5. The van der Waals surface area contributed by atoms with Crippen molar-refractivity contribution in [3.8, 4) is 39.7 Å². The highest BCUT2D eigenvalue weighted by Crippen LogP contribution is 2.28. The van der Waals surface area contributed by atoms with Gasteiger partial charge in [0.1, 0.15) is 17.3 Å². The normalized spacial score (nSPS) is 10.6. The summed E-state index contributed by atoms with van der Waals surface area (Å²) in [6, 6.07) is 17.7. The van der Waals surface area contributed by atoms with E-state index in [1.807, 2.05) is 68.7 Å². The van der Waals surface area contributed by atoms with Crippen LogP contribution >= 0.6 is 0 Å². The average Bonchev–Trinajstić information content (AvgIpc) is 2.79. The van der Waals surface area contributed by atoms with E-state index in [0.717, 1.165) is 45.3 Å². The van der Waals surface area contributed by atoms with Crippen LogP contribution in [0.25, 0.3) is 33.9 Å². The highest BCUT2D eigenvalue weighted by molar-refractivity contribution is 5.73. The van der Waals surface area contributed by atoms with Gasteiger partial charge in [0.05, 0.1) is 12.8 Å². The van der Waals surface area contributed by atoms with Crippen molar-refractivity contribution in [3.05, 3.63) is 72.7 Å². The molecule has 0 saturated heterocycles. The molecule has 0 bridgehead atoms. The number of nitrogens with one attached hydrogen (secondary N) is 1. The van der Waals surface area contributed by atoms with E-state index >= 15 is 0 Å². The van der Waals surface area contributed by atoms with Crippen LogP contribution in [0.15, 0.2) is 67.0 Å². The van der Waals surface area contributed by atoms with Crippen LogP contribution in [0, 0.1) is 6.92 Å². The summed E-state index contributed by atoms with van der Waals surface area (Å²) in [7, 11) is 3.50. The van der Waals surface area contributed by atoms with Crippen LogP contribution in [-0.2, 0) is 0 Å².